The minimum Gasteiger partial charge on any atom is -0.396 e. The molecule has 1 aromatic heterocycles. The van der Waals surface area contributed by atoms with Crippen molar-refractivity contribution < 1.29 is 5.11 Å². The molecule has 4 rings (SSSR count). The Morgan fingerprint density at radius 1 is 1.14 bits per heavy atom. The Labute approximate surface area is 179 Å². The highest BCUT2D eigenvalue weighted by Crippen LogP contribution is 2.27. The Morgan fingerprint density at radius 2 is 1.86 bits per heavy atom. The summed E-state index contributed by atoms with van der Waals surface area (Å²) < 4.78 is 0. The fourth-order valence-electron chi connectivity index (χ4n) is 3.59. The van der Waals surface area contributed by atoms with Crippen LogP contribution >= 0.6 is 12.6 Å². The highest BCUT2D eigenvalue weighted by molar-refractivity contribution is 7.80. The van der Waals surface area contributed by atoms with E-state index in [4.69, 9.17) is 5.73 Å². The van der Waals surface area contributed by atoms with Gasteiger partial charge in [0.25, 0.3) is 0 Å². The third kappa shape index (κ3) is 6.61. The van der Waals surface area contributed by atoms with E-state index < -0.39 is 0 Å². The molecule has 0 bridgehead atoms. The average molecular weight is 412 g/mol. The average Bonchev–Trinajstić information content (AvgIpc) is 3.25. The zero-order valence-electron chi connectivity index (χ0n) is 17.7. The van der Waals surface area contributed by atoms with E-state index >= 15 is 0 Å². The topological polar surface area (TPSA) is 65.3 Å². The van der Waals surface area contributed by atoms with Crippen molar-refractivity contribution in [1.82, 2.24) is 9.88 Å². The van der Waals surface area contributed by atoms with Crippen molar-refractivity contribution in [3.05, 3.63) is 54.2 Å². The number of H-pyrrole nitrogens is 1. The molecule has 1 aliphatic heterocycles. The van der Waals surface area contributed by atoms with Crippen molar-refractivity contribution in [3.8, 4) is 11.1 Å². The first-order chi connectivity index (χ1) is 13.7. The summed E-state index contributed by atoms with van der Waals surface area (Å²) in [6.07, 6.45) is 1.10. The first kappa shape index (κ1) is 21.9. The smallest absolute Gasteiger partial charge is 0.0471 e. The molecule has 5 heteroatoms. The van der Waals surface area contributed by atoms with Crippen molar-refractivity contribution in [1.29, 1.82) is 0 Å². The SMILES string of the molecule is CC(C)(C)N.OCC1CCN(Cc2cc3cc(-c4cccc(S)c4)ccc3[nH]2)C1. The fraction of sp³-hybridized carbons (Fsp3) is 0.417. The van der Waals surface area contributed by atoms with Gasteiger partial charge in [-0.25, -0.2) is 0 Å². The standard InChI is InChI=1S/C20H22N2OS.C4H11N/c23-13-14-6-7-22(11-14)12-18-9-17-8-16(4-5-20(17)21-18)15-2-1-3-19(24)10-15;1-4(2,3)5/h1-5,8-10,14,21,23-24H,6-7,11-13H2;5H2,1-3H3. The molecule has 1 atom stereocenters. The van der Waals surface area contributed by atoms with Gasteiger partial charge >= 0.3 is 0 Å². The maximum atomic E-state index is 9.28. The summed E-state index contributed by atoms with van der Waals surface area (Å²) >= 11 is 4.43. The molecule has 3 aromatic rings. The van der Waals surface area contributed by atoms with Gasteiger partial charge in [-0.05, 0) is 81.1 Å². The lowest BCUT2D eigenvalue weighted by Gasteiger charge is -2.14. The number of aromatic amines is 1. The number of aromatic nitrogens is 1. The van der Waals surface area contributed by atoms with Crippen LogP contribution in [0.3, 0.4) is 0 Å². The maximum Gasteiger partial charge on any atom is 0.0471 e. The van der Waals surface area contributed by atoms with E-state index in [1.165, 1.54) is 27.7 Å². The number of hydrogen-bond acceptors (Lipinski definition) is 4. The molecule has 0 radical (unpaired) electrons. The summed E-state index contributed by atoms with van der Waals surface area (Å²) in [6.45, 7) is 9.18. The van der Waals surface area contributed by atoms with Crippen LogP contribution < -0.4 is 5.73 Å². The van der Waals surface area contributed by atoms with E-state index in [1.807, 2.05) is 32.9 Å². The molecule has 0 saturated carbocycles. The number of aliphatic hydroxyl groups excluding tert-OH is 1. The zero-order chi connectivity index (χ0) is 21.0. The number of benzene rings is 2. The lowest BCUT2D eigenvalue weighted by atomic mass is 10.0. The number of nitrogens with zero attached hydrogens (tertiary/aromatic N) is 1. The van der Waals surface area contributed by atoms with Crippen LogP contribution in [0.2, 0.25) is 0 Å². The lowest BCUT2D eigenvalue weighted by molar-refractivity contribution is 0.219. The number of nitrogens with one attached hydrogen (secondary N) is 1. The molecule has 0 aliphatic carbocycles. The molecular formula is C24H33N3OS. The molecule has 2 heterocycles. The van der Waals surface area contributed by atoms with Gasteiger partial charge in [0.2, 0.25) is 0 Å². The number of rotatable bonds is 4. The normalized spacial score (nSPS) is 17.4. The summed E-state index contributed by atoms with van der Waals surface area (Å²) in [6, 6.07) is 17.0. The first-order valence-electron chi connectivity index (χ1n) is 10.2. The number of thiol groups is 1. The molecule has 1 unspecified atom stereocenters. The van der Waals surface area contributed by atoms with Crippen molar-refractivity contribution in [3.63, 3.8) is 0 Å². The van der Waals surface area contributed by atoms with E-state index in [1.54, 1.807) is 0 Å². The van der Waals surface area contributed by atoms with Crippen LogP contribution in [0, 0.1) is 5.92 Å². The Hall–Kier alpha value is -1.79. The molecule has 4 nitrogen and oxygen atoms in total. The monoisotopic (exact) mass is 411 g/mol. The number of fused-ring (bicyclic) bond motifs is 1. The van der Waals surface area contributed by atoms with E-state index in [-0.39, 0.29) is 5.54 Å². The van der Waals surface area contributed by atoms with Gasteiger partial charge in [0.05, 0.1) is 0 Å². The summed E-state index contributed by atoms with van der Waals surface area (Å²) in [7, 11) is 0. The molecular weight excluding hydrogens is 378 g/mol. The van der Waals surface area contributed by atoms with Gasteiger partial charge in [-0.2, -0.15) is 0 Å². The summed E-state index contributed by atoms with van der Waals surface area (Å²) in [5.41, 5.74) is 10.2. The quantitative estimate of drug-likeness (QED) is 0.471. The van der Waals surface area contributed by atoms with E-state index in [2.05, 4.69) is 58.9 Å². The van der Waals surface area contributed by atoms with Crippen molar-refractivity contribution in [2.45, 2.75) is 44.2 Å². The van der Waals surface area contributed by atoms with Crippen molar-refractivity contribution >= 4 is 23.5 Å². The molecule has 29 heavy (non-hydrogen) atoms. The molecule has 1 saturated heterocycles. The van der Waals surface area contributed by atoms with Gasteiger partial charge in [0.1, 0.15) is 0 Å². The molecule has 156 valence electrons. The van der Waals surface area contributed by atoms with E-state index in [0.29, 0.717) is 12.5 Å². The largest absolute Gasteiger partial charge is 0.396 e. The lowest BCUT2D eigenvalue weighted by Crippen LogP contribution is -2.26. The van der Waals surface area contributed by atoms with Crippen LogP contribution in [-0.4, -0.2) is 40.2 Å². The van der Waals surface area contributed by atoms with Crippen molar-refractivity contribution in [2.75, 3.05) is 19.7 Å². The van der Waals surface area contributed by atoms with Crippen LogP contribution in [0.25, 0.3) is 22.0 Å². The molecule has 0 amide bonds. The Morgan fingerprint density at radius 3 is 2.52 bits per heavy atom. The number of nitrogens with two attached hydrogens (primary N) is 1. The van der Waals surface area contributed by atoms with Crippen LogP contribution in [0.1, 0.15) is 32.9 Å². The van der Waals surface area contributed by atoms with Gasteiger partial charge in [0.15, 0.2) is 0 Å². The van der Waals surface area contributed by atoms with Crippen LogP contribution in [0.5, 0.6) is 0 Å². The predicted molar refractivity (Wildman–Crippen MR) is 125 cm³/mol. The second-order valence-corrected chi connectivity index (χ2v) is 9.60. The number of hydrogen-bond donors (Lipinski definition) is 4. The Bertz CT molecular complexity index is 939. The van der Waals surface area contributed by atoms with Gasteiger partial charge < -0.3 is 15.8 Å². The Kier molecular flexibility index (Phi) is 7.06. The summed E-state index contributed by atoms with van der Waals surface area (Å²) in [4.78, 5) is 6.92. The fourth-order valence-corrected chi connectivity index (χ4v) is 3.81. The molecule has 2 aromatic carbocycles. The minimum absolute atomic E-state index is 0. The summed E-state index contributed by atoms with van der Waals surface area (Å²) in [5, 5.41) is 10.5. The zero-order valence-corrected chi connectivity index (χ0v) is 18.5. The second-order valence-electron chi connectivity index (χ2n) is 9.09. The van der Waals surface area contributed by atoms with E-state index in [9.17, 15) is 5.11 Å². The van der Waals surface area contributed by atoms with Crippen LogP contribution in [-0.2, 0) is 6.54 Å². The third-order valence-corrected chi connectivity index (χ3v) is 5.16. The van der Waals surface area contributed by atoms with Gasteiger partial charge in [0, 0.05) is 46.7 Å². The van der Waals surface area contributed by atoms with Crippen LogP contribution in [0.15, 0.2) is 53.4 Å². The minimum atomic E-state index is 0. The van der Waals surface area contributed by atoms with Gasteiger partial charge in [-0.15, -0.1) is 12.6 Å². The molecule has 0 spiro atoms. The summed E-state index contributed by atoms with van der Waals surface area (Å²) in [5.74, 6) is 0.439. The number of aliphatic hydroxyl groups is 1. The third-order valence-electron chi connectivity index (χ3n) is 4.88. The molecule has 1 aliphatic rings. The highest BCUT2D eigenvalue weighted by atomic mass is 32.1. The second kappa shape index (κ2) is 9.35. The first-order valence-corrected chi connectivity index (χ1v) is 10.7. The van der Waals surface area contributed by atoms with E-state index in [0.717, 1.165) is 31.0 Å². The predicted octanol–water partition coefficient (Wildman–Crippen LogP) is 4.68. The molecule has 4 N–H and O–H groups in total. The van der Waals surface area contributed by atoms with Gasteiger partial charge in [-0.3, -0.25) is 4.90 Å². The van der Waals surface area contributed by atoms with Crippen molar-refractivity contribution in [2.24, 2.45) is 11.7 Å². The maximum absolute atomic E-state index is 9.28. The van der Waals surface area contributed by atoms with Crippen LogP contribution in [0.4, 0.5) is 0 Å². The number of likely N-dealkylation sites (tertiary alicyclic amines) is 1. The van der Waals surface area contributed by atoms with Gasteiger partial charge in [-0.1, -0.05) is 18.2 Å². The molecule has 1 fully saturated rings. The highest BCUT2D eigenvalue weighted by Gasteiger charge is 2.22. The Balaban J connectivity index is 0.000000431.